The lowest BCUT2D eigenvalue weighted by Gasteiger charge is -2.21. The molecule has 3 aromatic carbocycles. The van der Waals surface area contributed by atoms with Crippen LogP contribution in [0.25, 0.3) is 10.8 Å². The summed E-state index contributed by atoms with van der Waals surface area (Å²) in [5.41, 5.74) is 4.23. The molecule has 0 aliphatic carbocycles. The van der Waals surface area contributed by atoms with Crippen molar-refractivity contribution < 1.29 is 19.6 Å². The van der Waals surface area contributed by atoms with Crippen molar-refractivity contribution in [2.24, 2.45) is 0 Å². The van der Waals surface area contributed by atoms with E-state index in [4.69, 9.17) is 5.21 Å². The lowest BCUT2D eigenvalue weighted by molar-refractivity contribution is -0.125. The Kier molecular flexibility index (Phi) is 4.74. The molecule has 1 saturated heterocycles. The molecule has 0 aromatic heterocycles. The SMILES string of the molecule is Cc1ccc2ccccc2c1N1CC(=O)N(Cc2ccc(C(=O)NO)cc2)C1=O. The van der Waals surface area contributed by atoms with Crippen LogP contribution in [0, 0.1) is 6.92 Å². The minimum Gasteiger partial charge on any atom is -0.288 e. The lowest BCUT2D eigenvalue weighted by atomic mass is 10.0. The van der Waals surface area contributed by atoms with Gasteiger partial charge in [-0.25, -0.2) is 10.3 Å². The third-order valence-electron chi connectivity index (χ3n) is 5.09. The Morgan fingerprint density at radius 1 is 1.03 bits per heavy atom. The van der Waals surface area contributed by atoms with Crippen molar-refractivity contribution in [1.82, 2.24) is 10.4 Å². The van der Waals surface area contributed by atoms with Crippen LogP contribution in [-0.4, -0.2) is 34.5 Å². The summed E-state index contributed by atoms with van der Waals surface area (Å²) in [6.45, 7) is 2.02. The summed E-state index contributed by atoms with van der Waals surface area (Å²) < 4.78 is 0. The number of urea groups is 1. The molecule has 3 aromatic rings. The Hall–Kier alpha value is -3.71. The van der Waals surface area contributed by atoms with Crippen molar-refractivity contribution in [3.63, 3.8) is 0 Å². The number of amides is 4. The van der Waals surface area contributed by atoms with Crippen LogP contribution in [0.2, 0.25) is 0 Å². The van der Waals surface area contributed by atoms with E-state index in [2.05, 4.69) is 0 Å². The van der Waals surface area contributed by atoms with Crippen LogP contribution in [0.15, 0.2) is 60.7 Å². The molecule has 29 heavy (non-hydrogen) atoms. The maximum absolute atomic E-state index is 13.1. The zero-order chi connectivity index (χ0) is 20.5. The Balaban J connectivity index is 1.62. The largest absolute Gasteiger partial charge is 0.332 e. The molecular weight excluding hydrogens is 370 g/mol. The number of hydrogen-bond acceptors (Lipinski definition) is 4. The zero-order valence-electron chi connectivity index (χ0n) is 15.8. The fourth-order valence-electron chi connectivity index (χ4n) is 3.60. The van der Waals surface area contributed by atoms with Crippen LogP contribution < -0.4 is 10.4 Å². The second-order valence-electron chi connectivity index (χ2n) is 6.94. The molecule has 0 saturated carbocycles. The normalized spacial score (nSPS) is 14.0. The number of hydrogen-bond donors (Lipinski definition) is 2. The minimum atomic E-state index is -0.623. The van der Waals surface area contributed by atoms with Gasteiger partial charge in [0, 0.05) is 10.9 Å². The highest BCUT2D eigenvalue weighted by Gasteiger charge is 2.38. The number of aryl methyl sites for hydroxylation is 1. The summed E-state index contributed by atoms with van der Waals surface area (Å²) in [5.74, 6) is -0.901. The number of nitrogens with one attached hydrogen (secondary N) is 1. The smallest absolute Gasteiger partial charge is 0.288 e. The van der Waals surface area contributed by atoms with E-state index in [1.807, 2.05) is 43.3 Å². The predicted molar refractivity (Wildman–Crippen MR) is 108 cm³/mol. The minimum absolute atomic E-state index is 0.0152. The van der Waals surface area contributed by atoms with Gasteiger partial charge in [0.15, 0.2) is 0 Å². The van der Waals surface area contributed by atoms with E-state index in [1.54, 1.807) is 17.6 Å². The Morgan fingerprint density at radius 3 is 2.48 bits per heavy atom. The van der Waals surface area contributed by atoms with Gasteiger partial charge in [-0.2, -0.15) is 0 Å². The third-order valence-corrected chi connectivity index (χ3v) is 5.09. The van der Waals surface area contributed by atoms with Gasteiger partial charge in [-0.05, 0) is 35.6 Å². The summed E-state index contributed by atoms with van der Waals surface area (Å²) in [7, 11) is 0. The molecule has 0 radical (unpaired) electrons. The summed E-state index contributed by atoms with van der Waals surface area (Å²) in [6.07, 6.45) is 0. The number of carbonyl (C=O) groups is 3. The fraction of sp³-hybridized carbons (Fsp3) is 0.136. The second-order valence-corrected chi connectivity index (χ2v) is 6.94. The molecular formula is C22H19N3O4. The highest BCUT2D eigenvalue weighted by atomic mass is 16.5. The molecule has 0 unspecified atom stereocenters. The van der Waals surface area contributed by atoms with Crippen molar-refractivity contribution in [3.8, 4) is 0 Å². The number of hydroxylamine groups is 1. The number of fused-ring (bicyclic) bond motifs is 1. The maximum atomic E-state index is 13.1. The van der Waals surface area contributed by atoms with E-state index in [1.165, 1.54) is 21.9 Å². The number of benzene rings is 3. The second kappa shape index (κ2) is 7.37. The van der Waals surface area contributed by atoms with E-state index in [-0.39, 0.29) is 30.6 Å². The maximum Gasteiger partial charge on any atom is 0.332 e. The van der Waals surface area contributed by atoms with Gasteiger partial charge in [-0.15, -0.1) is 0 Å². The Labute approximate surface area is 167 Å². The number of rotatable bonds is 4. The zero-order valence-corrected chi connectivity index (χ0v) is 15.8. The molecule has 146 valence electrons. The van der Waals surface area contributed by atoms with Crippen LogP contribution in [0.5, 0.6) is 0 Å². The van der Waals surface area contributed by atoms with Crippen molar-refractivity contribution in [2.75, 3.05) is 11.4 Å². The van der Waals surface area contributed by atoms with Gasteiger partial charge in [0.1, 0.15) is 6.54 Å². The van der Waals surface area contributed by atoms with Crippen molar-refractivity contribution in [1.29, 1.82) is 0 Å². The average molecular weight is 389 g/mol. The first-order valence-corrected chi connectivity index (χ1v) is 9.13. The van der Waals surface area contributed by atoms with Crippen molar-refractivity contribution >= 4 is 34.3 Å². The lowest BCUT2D eigenvalue weighted by Crippen LogP contribution is -2.33. The molecule has 0 bridgehead atoms. The quantitative estimate of drug-likeness (QED) is 0.407. The van der Waals surface area contributed by atoms with Crippen molar-refractivity contribution in [3.05, 3.63) is 77.4 Å². The molecule has 1 aliphatic rings. The topological polar surface area (TPSA) is 90.0 Å². The molecule has 4 rings (SSSR count). The van der Waals surface area contributed by atoms with E-state index in [0.717, 1.165) is 22.0 Å². The molecule has 4 amide bonds. The number of anilines is 1. The molecule has 0 spiro atoms. The summed E-state index contributed by atoms with van der Waals surface area (Å²) in [6, 6.07) is 17.7. The first kappa shape index (κ1) is 18.6. The Morgan fingerprint density at radius 2 is 1.76 bits per heavy atom. The van der Waals surface area contributed by atoms with Gasteiger partial charge in [-0.1, -0.05) is 48.5 Å². The molecule has 1 heterocycles. The molecule has 2 N–H and O–H groups in total. The first-order chi connectivity index (χ1) is 14.0. The van der Waals surface area contributed by atoms with E-state index < -0.39 is 5.91 Å². The van der Waals surface area contributed by atoms with Gasteiger partial charge >= 0.3 is 6.03 Å². The highest BCUT2D eigenvalue weighted by Crippen LogP contribution is 2.33. The van der Waals surface area contributed by atoms with Gasteiger partial charge in [0.25, 0.3) is 11.8 Å². The van der Waals surface area contributed by atoms with Gasteiger partial charge in [0.2, 0.25) is 0 Å². The van der Waals surface area contributed by atoms with Crippen LogP contribution in [-0.2, 0) is 11.3 Å². The molecule has 7 heteroatoms. The number of imide groups is 1. The first-order valence-electron chi connectivity index (χ1n) is 9.13. The van der Waals surface area contributed by atoms with Crippen LogP contribution in [0.4, 0.5) is 10.5 Å². The van der Waals surface area contributed by atoms with Crippen LogP contribution in [0.3, 0.4) is 0 Å². The van der Waals surface area contributed by atoms with Crippen LogP contribution in [0.1, 0.15) is 21.5 Å². The summed E-state index contributed by atoms with van der Waals surface area (Å²) in [5, 5.41) is 10.6. The fourth-order valence-corrected chi connectivity index (χ4v) is 3.60. The standard InChI is InChI=1S/C22H19N3O4/c1-14-6-9-16-4-2-3-5-18(16)20(14)25-13-19(26)24(22(25)28)12-15-7-10-17(11-8-15)21(27)23-29/h2-11,29H,12-13H2,1H3,(H,23,27). The van der Waals surface area contributed by atoms with E-state index in [9.17, 15) is 14.4 Å². The van der Waals surface area contributed by atoms with E-state index >= 15 is 0 Å². The van der Waals surface area contributed by atoms with Crippen LogP contribution >= 0.6 is 0 Å². The number of carbonyl (C=O) groups excluding carboxylic acids is 3. The monoisotopic (exact) mass is 389 g/mol. The molecule has 1 fully saturated rings. The molecule has 7 nitrogen and oxygen atoms in total. The number of nitrogens with zero attached hydrogens (tertiary/aromatic N) is 2. The van der Waals surface area contributed by atoms with Gasteiger partial charge < -0.3 is 0 Å². The Bertz CT molecular complexity index is 1120. The molecule has 0 atom stereocenters. The third kappa shape index (κ3) is 3.32. The van der Waals surface area contributed by atoms with Gasteiger partial charge in [-0.3, -0.25) is 24.6 Å². The summed E-state index contributed by atoms with van der Waals surface area (Å²) >= 11 is 0. The predicted octanol–water partition coefficient (Wildman–Crippen LogP) is 3.24. The summed E-state index contributed by atoms with van der Waals surface area (Å²) in [4.78, 5) is 39.8. The van der Waals surface area contributed by atoms with Gasteiger partial charge in [0.05, 0.1) is 12.2 Å². The molecule has 1 aliphatic heterocycles. The average Bonchev–Trinajstić information content (AvgIpc) is 3.01. The van der Waals surface area contributed by atoms with Crippen molar-refractivity contribution in [2.45, 2.75) is 13.5 Å². The highest BCUT2D eigenvalue weighted by molar-refractivity contribution is 6.15. The van der Waals surface area contributed by atoms with E-state index in [0.29, 0.717) is 5.56 Å².